The fourth-order valence-corrected chi connectivity index (χ4v) is 2.23. The van der Waals surface area contributed by atoms with Gasteiger partial charge >= 0.3 is 12.0 Å². The molecule has 0 unspecified atom stereocenters. The van der Waals surface area contributed by atoms with Crippen LogP contribution in [-0.2, 0) is 14.3 Å². The van der Waals surface area contributed by atoms with Gasteiger partial charge in [0.05, 0.1) is 12.5 Å². The Balaban J connectivity index is 2.42. The number of rotatable bonds is 6. The summed E-state index contributed by atoms with van der Waals surface area (Å²) in [5, 5.41) is 11.6. The number of likely N-dealkylation sites (tertiary alicyclic amines) is 1. The highest BCUT2D eigenvalue weighted by Crippen LogP contribution is 2.17. The second-order valence-electron chi connectivity index (χ2n) is 5.10. The first kappa shape index (κ1) is 17.2. The van der Waals surface area contributed by atoms with Crippen molar-refractivity contribution >= 4 is 17.9 Å². The molecule has 2 N–H and O–H groups in total. The predicted octanol–water partition coefficient (Wildman–Crippen LogP) is -0.403. The van der Waals surface area contributed by atoms with Crippen LogP contribution in [0.25, 0.3) is 0 Å². The van der Waals surface area contributed by atoms with Crippen molar-refractivity contribution in [3.63, 3.8) is 0 Å². The van der Waals surface area contributed by atoms with Gasteiger partial charge in [-0.3, -0.25) is 9.59 Å². The number of methoxy groups -OCH3 is 1. The standard InChI is InChI=1S/C13H23N3O5/c1-15(9-11(17)14-5-7-21-2)13(20)16-6-3-4-10(8-16)12(18)19/h10H,3-9H2,1-2H3,(H,14,17)(H,18,19)/t10-/m1/s1. The highest BCUT2D eigenvalue weighted by molar-refractivity contribution is 5.84. The van der Waals surface area contributed by atoms with Crippen molar-refractivity contribution in [2.45, 2.75) is 12.8 Å². The zero-order valence-corrected chi connectivity index (χ0v) is 12.5. The molecule has 1 atom stereocenters. The van der Waals surface area contributed by atoms with Crippen molar-refractivity contribution in [1.29, 1.82) is 0 Å². The van der Waals surface area contributed by atoms with E-state index in [9.17, 15) is 14.4 Å². The fraction of sp³-hybridized carbons (Fsp3) is 0.769. The van der Waals surface area contributed by atoms with Crippen LogP contribution in [0.3, 0.4) is 0 Å². The molecule has 0 aromatic heterocycles. The van der Waals surface area contributed by atoms with E-state index in [0.29, 0.717) is 32.5 Å². The lowest BCUT2D eigenvalue weighted by molar-refractivity contribution is -0.143. The number of urea groups is 1. The Kier molecular flexibility index (Phi) is 6.93. The van der Waals surface area contributed by atoms with Gasteiger partial charge in [0.1, 0.15) is 6.54 Å². The van der Waals surface area contributed by atoms with Crippen molar-refractivity contribution in [2.24, 2.45) is 5.92 Å². The molecular weight excluding hydrogens is 278 g/mol. The van der Waals surface area contributed by atoms with Crippen molar-refractivity contribution in [3.05, 3.63) is 0 Å². The minimum absolute atomic E-state index is 0.0587. The largest absolute Gasteiger partial charge is 0.481 e. The summed E-state index contributed by atoms with van der Waals surface area (Å²) in [5.74, 6) is -1.67. The van der Waals surface area contributed by atoms with Crippen LogP contribution in [0.2, 0.25) is 0 Å². The van der Waals surface area contributed by atoms with Crippen molar-refractivity contribution in [1.82, 2.24) is 15.1 Å². The topological polar surface area (TPSA) is 99.2 Å². The number of aliphatic carboxylic acids is 1. The zero-order chi connectivity index (χ0) is 15.8. The molecule has 1 aliphatic rings. The summed E-state index contributed by atoms with van der Waals surface area (Å²) >= 11 is 0. The van der Waals surface area contributed by atoms with Gasteiger partial charge in [-0.15, -0.1) is 0 Å². The number of hydrogen-bond donors (Lipinski definition) is 2. The van der Waals surface area contributed by atoms with Crippen LogP contribution in [0.4, 0.5) is 4.79 Å². The van der Waals surface area contributed by atoms with Gasteiger partial charge in [0.25, 0.3) is 0 Å². The minimum Gasteiger partial charge on any atom is -0.481 e. The summed E-state index contributed by atoms with van der Waals surface area (Å²) in [7, 11) is 3.07. The molecule has 8 heteroatoms. The SMILES string of the molecule is COCCNC(=O)CN(C)C(=O)N1CCC[C@@H](C(=O)O)C1. The quantitative estimate of drug-likeness (QED) is 0.650. The lowest BCUT2D eigenvalue weighted by atomic mass is 9.99. The first-order chi connectivity index (χ1) is 9.95. The molecule has 0 saturated carbocycles. The van der Waals surface area contributed by atoms with Gasteiger partial charge in [-0.2, -0.15) is 0 Å². The fourth-order valence-electron chi connectivity index (χ4n) is 2.23. The van der Waals surface area contributed by atoms with Crippen molar-refractivity contribution in [3.8, 4) is 0 Å². The van der Waals surface area contributed by atoms with Gasteiger partial charge < -0.3 is 25.0 Å². The molecule has 0 aliphatic carbocycles. The average Bonchev–Trinajstić information content (AvgIpc) is 2.46. The number of carboxylic acid groups (broad SMARTS) is 1. The maximum Gasteiger partial charge on any atom is 0.320 e. The normalized spacial score (nSPS) is 18.2. The van der Waals surface area contributed by atoms with Gasteiger partial charge in [0, 0.05) is 33.8 Å². The van der Waals surface area contributed by atoms with Crippen LogP contribution in [0.1, 0.15) is 12.8 Å². The number of carbonyl (C=O) groups excluding carboxylic acids is 2. The van der Waals surface area contributed by atoms with Crippen LogP contribution in [-0.4, -0.2) is 79.8 Å². The second kappa shape index (κ2) is 8.46. The molecule has 1 rings (SSSR count). The number of carboxylic acids is 1. The highest BCUT2D eigenvalue weighted by Gasteiger charge is 2.29. The number of piperidine rings is 1. The lowest BCUT2D eigenvalue weighted by Crippen LogP contribution is -2.49. The molecule has 120 valence electrons. The molecule has 8 nitrogen and oxygen atoms in total. The van der Waals surface area contributed by atoms with Gasteiger partial charge in [-0.25, -0.2) is 4.79 Å². The molecular formula is C13H23N3O5. The number of nitrogens with one attached hydrogen (secondary N) is 1. The molecule has 0 radical (unpaired) electrons. The van der Waals surface area contributed by atoms with Gasteiger partial charge in [-0.1, -0.05) is 0 Å². The Hall–Kier alpha value is -1.83. The smallest absolute Gasteiger partial charge is 0.320 e. The van der Waals surface area contributed by atoms with E-state index in [1.54, 1.807) is 0 Å². The van der Waals surface area contributed by atoms with Crippen LogP contribution in [0, 0.1) is 5.92 Å². The maximum absolute atomic E-state index is 12.2. The number of nitrogens with zero attached hydrogens (tertiary/aromatic N) is 2. The number of hydrogen-bond acceptors (Lipinski definition) is 4. The van der Waals surface area contributed by atoms with E-state index in [1.165, 1.54) is 24.0 Å². The van der Waals surface area contributed by atoms with E-state index in [-0.39, 0.29) is 25.0 Å². The molecule has 1 aliphatic heterocycles. The van der Waals surface area contributed by atoms with E-state index in [1.807, 2.05) is 0 Å². The summed E-state index contributed by atoms with van der Waals surface area (Å²) in [6.45, 7) is 1.47. The third-order valence-electron chi connectivity index (χ3n) is 3.38. The molecule has 0 aromatic carbocycles. The molecule has 1 saturated heterocycles. The summed E-state index contributed by atoms with van der Waals surface area (Å²) < 4.78 is 4.81. The number of likely N-dealkylation sites (N-methyl/N-ethyl adjacent to an activating group) is 1. The van der Waals surface area contributed by atoms with Crippen molar-refractivity contribution in [2.75, 3.05) is 46.9 Å². The van der Waals surface area contributed by atoms with Crippen LogP contribution in [0.15, 0.2) is 0 Å². The summed E-state index contributed by atoms with van der Waals surface area (Å²) in [6, 6.07) is -0.317. The molecule has 0 bridgehead atoms. The Labute approximate surface area is 124 Å². The number of ether oxygens (including phenoxy) is 1. The molecule has 0 spiro atoms. The van der Waals surface area contributed by atoms with Gasteiger partial charge in [-0.05, 0) is 12.8 Å². The molecule has 1 fully saturated rings. The Morgan fingerprint density at radius 1 is 1.43 bits per heavy atom. The van der Waals surface area contributed by atoms with E-state index in [2.05, 4.69) is 5.32 Å². The molecule has 0 aromatic rings. The van der Waals surface area contributed by atoms with E-state index < -0.39 is 11.9 Å². The summed E-state index contributed by atoms with van der Waals surface area (Å²) in [5.41, 5.74) is 0. The lowest BCUT2D eigenvalue weighted by Gasteiger charge is -2.33. The molecule has 21 heavy (non-hydrogen) atoms. The maximum atomic E-state index is 12.2. The molecule has 1 heterocycles. The van der Waals surface area contributed by atoms with E-state index in [4.69, 9.17) is 9.84 Å². The Bertz CT molecular complexity index is 388. The second-order valence-corrected chi connectivity index (χ2v) is 5.10. The number of carbonyl (C=O) groups is 3. The summed E-state index contributed by atoms with van der Waals surface area (Å²) in [6.07, 6.45) is 1.25. The van der Waals surface area contributed by atoms with Crippen molar-refractivity contribution < 1.29 is 24.2 Å². The van der Waals surface area contributed by atoms with E-state index >= 15 is 0 Å². The Morgan fingerprint density at radius 3 is 2.76 bits per heavy atom. The third-order valence-corrected chi connectivity index (χ3v) is 3.38. The summed E-state index contributed by atoms with van der Waals surface area (Å²) in [4.78, 5) is 37.6. The average molecular weight is 301 g/mol. The first-order valence-electron chi connectivity index (χ1n) is 6.94. The van der Waals surface area contributed by atoms with Gasteiger partial charge in [0.15, 0.2) is 0 Å². The minimum atomic E-state index is -0.882. The predicted molar refractivity (Wildman–Crippen MR) is 74.8 cm³/mol. The molecule has 3 amide bonds. The highest BCUT2D eigenvalue weighted by atomic mass is 16.5. The van der Waals surface area contributed by atoms with Crippen LogP contribution < -0.4 is 5.32 Å². The third kappa shape index (κ3) is 5.58. The zero-order valence-electron chi connectivity index (χ0n) is 12.5. The van der Waals surface area contributed by atoms with E-state index in [0.717, 1.165) is 0 Å². The van der Waals surface area contributed by atoms with Crippen LogP contribution >= 0.6 is 0 Å². The number of amides is 3. The Morgan fingerprint density at radius 2 is 2.14 bits per heavy atom. The monoisotopic (exact) mass is 301 g/mol. The van der Waals surface area contributed by atoms with Gasteiger partial charge in [0.2, 0.25) is 5.91 Å². The van der Waals surface area contributed by atoms with Crippen LogP contribution in [0.5, 0.6) is 0 Å². The first-order valence-corrected chi connectivity index (χ1v) is 6.94.